The molecule has 7 nitrogen and oxygen atoms in total. The number of ether oxygens (including phenoxy) is 1. The Hall–Kier alpha value is -3.42. The van der Waals surface area contributed by atoms with E-state index in [-0.39, 0.29) is 17.9 Å². The van der Waals surface area contributed by atoms with Crippen LogP contribution in [-0.4, -0.2) is 32.7 Å². The fraction of sp³-hybridized carbons (Fsp3) is 0.211. The summed E-state index contributed by atoms with van der Waals surface area (Å²) in [6.07, 6.45) is 3.59. The summed E-state index contributed by atoms with van der Waals surface area (Å²) in [5, 5.41) is 12.9. The van der Waals surface area contributed by atoms with E-state index in [2.05, 4.69) is 15.3 Å². The average Bonchev–Trinajstić information content (AvgIpc) is 3.05. The summed E-state index contributed by atoms with van der Waals surface area (Å²) in [4.78, 5) is 21.2. The molecule has 27 heavy (non-hydrogen) atoms. The summed E-state index contributed by atoms with van der Waals surface area (Å²) in [6.45, 7) is 0.499. The highest BCUT2D eigenvalue weighted by atomic mass is 19.1. The highest BCUT2D eigenvalue weighted by Crippen LogP contribution is 2.29. The first kappa shape index (κ1) is 17.0. The summed E-state index contributed by atoms with van der Waals surface area (Å²) in [6, 6.07) is 6.24. The molecule has 1 aliphatic rings. The number of aromatic nitrogens is 3. The lowest BCUT2D eigenvalue weighted by atomic mass is 10.1. The molecule has 1 aliphatic heterocycles. The van der Waals surface area contributed by atoms with Gasteiger partial charge in [0.1, 0.15) is 34.2 Å². The third kappa shape index (κ3) is 2.99. The van der Waals surface area contributed by atoms with Crippen LogP contribution >= 0.6 is 0 Å². The Bertz CT molecular complexity index is 1070. The second kappa shape index (κ2) is 6.71. The van der Waals surface area contributed by atoms with Crippen molar-refractivity contribution in [2.45, 2.75) is 19.5 Å². The molecule has 8 heteroatoms. The predicted molar refractivity (Wildman–Crippen MR) is 96.5 cm³/mol. The van der Waals surface area contributed by atoms with E-state index in [0.29, 0.717) is 35.6 Å². The zero-order chi connectivity index (χ0) is 19.0. The normalized spacial score (nSPS) is 13.6. The van der Waals surface area contributed by atoms with Crippen LogP contribution in [0, 0.1) is 5.82 Å². The third-order valence-electron chi connectivity index (χ3n) is 4.56. The predicted octanol–water partition coefficient (Wildman–Crippen LogP) is 2.57. The SMILES string of the molecule is COc1ccc(CNC(=O)C2=C(O)CCn3c2nc2cnccc23)c(F)c1. The van der Waals surface area contributed by atoms with Gasteiger partial charge >= 0.3 is 0 Å². The van der Waals surface area contributed by atoms with Gasteiger partial charge in [0.05, 0.1) is 18.8 Å². The number of aliphatic hydroxyl groups is 1. The first-order valence-electron chi connectivity index (χ1n) is 8.42. The summed E-state index contributed by atoms with van der Waals surface area (Å²) in [5.41, 5.74) is 1.91. The molecule has 0 atom stereocenters. The molecule has 0 radical (unpaired) electrons. The number of rotatable bonds is 4. The quantitative estimate of drug-likeness (QED) is 0.739. The number of imidazole rings is 1. The molecule has 0 saturated heterocycles. The lowest BCUT2D eigenvalue weighted by molar-refractivity contribution is -0.116. The average molecular weight is 368 g/mol. The second-order valence-corrected chi connectivity index (χ2v) is 6.16. The largest absolute Gasteiger partial charge is 0.511 e. The summed E-state index contributed by atoms with van der Waals surface area (Å²) < 4.78 is 20.9. The second-order valence-electron chi connectivity index (χ2n) is 6.16. The maximum atomic E-state index is 14.1. The highest BCUT2D eigenvalue weighted by Gasteiger charge is 2.28. The minimum absolute atomic E-state index is 0.0206. The fourth-order valence-corrected chi connectivity index (χ4v) is 3.17. The van der Waals surface area contributed by atoms with E-state index in [9.17, 15) is 14.3 Å². The van der Waals surface area contributed by atoms with Crippen LogP contribution in [0.2, 0.25) is 0 Å². The number of allylic oxidation sites excluding steroid dienone is 1. The monoisotopic (exact) mass is 368 g/mol. The van der Waals surface area contributed by atoms with E-state index in [0.717, 1.165) is 5.52 Å². The molecule has 4 rings (SSSR count). The highest BCUT2D eigenvalue weighted by molar-refractivity contribution is 6.19. The number of nitrogens with zero attached hydrogens (tertiary/aromatic N) is 3. The molecule has 3 heterocycles. The molecule has 1 amide bonds. The zero-order valence-electron chi connectivity index (χ0n) is 14.6. The molecule has 0 aliphatic carbocycles. The van der Waals surface area contributed by atoms with Crippen LogP contribution in [0.15, 0.2) is 42.4 Å². The van der Waals surface area contributed by atoms with Crippen LogP contribution in [0.3, 0.4) is 0 Å². The van der Waals surface area contributed by atoms with Crippen LogP contribution in [-0.2, 0) is 17.9 Å². The van der Waals surface area contributed by atoms with Gasteiger partial charge in [-0.25, -0.2) is 9.37 Å². The molecule has 0 bridgehead atoms. The Morgan fingerprint density at radius 3 is 3.04 bits per heavy atom. The van der Waals surface area contributed by atoms with E-state index in [1.165, 1.54) is 13.2 Å². The van der Waals surface area contributed by atoms with Gasteiger partial charge in [0.25, 0.3) is 5.91 Å². The lowest BCUT2D eigenvalue weighted by Gasteiger charge is -2.18. The van der Waals surface area contributed by atoms with Crippen LogP contribution in [0.5, 0.6) is 5.75 Å². The molecule has 0 saturated carbocycles. The number of carbonyl (C=O) groups excluding carboxylic acids is 1. The van der Waals surface area contributed by atoms with Gasteiger partial charge in [-0.05, 0) is 12.1 Å². The molecule has 138 valence electrons. The number of hydrogen-bond acceptors (Lipinski definition) is 5. The smallest absolute Gasteiger partial charge is 0.258 e. The van der Waals surface area contributed by atoms with Gasteiger partial charge in [0.15, 0.2) is 0 Å². The Morgan fingerprint density at radius 1 is 1.41 bits per heavy atom. The molecule has 1 aromatic carbocycles. The first-order chi connectivity index (χ1) is 13.1. The van der Waals surface area contributed by atoms with E-state index >= 15 is 0 Å². The van der Waals surface area contributed by atoms with E-state index in [1.54, 1.807) is 24.5 Å². The van der Waals surface area contributed by atoms with E-state index < -0.39 is 11.7 Å². The van der Waals surface area contributed by atoms with Gasteiger partial charge in [0.2, 0.25) is 0 Å². The van der Waals surface area contributed by atoms with Crippen molar-refractivity contribution in [1.82, 2.24) is 19.9 Å². The minimum atomic E-state index is -0.507. The first-order valence-corrected chi connectivity index (χ1v) is 8.42. The molecule has 0 unspecified atom stereocenters. The number of pyridine rings is 1. The van der Waals surface area contributed by atoms with Crippen molar-refractivity contribution >= 4 is 22.5 Å². The summed E-state index contributed by atoms with van der Waals surface area (Å²) in [5.74, 6) is -0.229. The molecule has 0 fully saturated rings. The number of amides is 1. The number of hydrogen-bond donors (Lipinski definition) is 2. The number of aryl methyl sites for hydroxylation is 1. The lowest BCUT2D eigenvalue weighted by Crippen LogP contribution is -2.28. The molecule has 3 aromatic rings. The number of aliphatic hydroxyl groups excluding tert-OH is 1. The van der Waals surface area contributed by atoms with Crippen molar-refractivity contribution in [1.29, 1.82) is 0 Å². The van der Waals surface area contributed by atoms with E-state index in [4.69, 9.17) is 4.74 Å². The van der Waals surface area contributed by atoms with Gasteiger partial charge in [0, 0.05) is 37.3 Å². The number of benzene rings is 1. The van der Waals surface area contributed by atoms with Crippen molar-refractivity contribution in [3.63, 3.8) is 0 Å². The van der Waals surface area contributed by atoms with Crippen molar-refractivity contribution in [3.05, 3.63) is 59.6 Å². The molecule has 2 N–H and O–H groups in total. The Morgan fingerprint density at radius 2 is 2.26 bits per heavy atom. The molecular formula is C19H17FN4O3. The van der Waals surface area contributed by atoms with Crippen LogP contribution in [0.25, 0.3) is 16.6 Å². The number of carbonyl (C=O) groups is 1. The molecule has 2 aromatic heterocycles. The molecular weight excluding hydrogens is 351 g/mol. The number of halogens is 1. The van der Waals surface area contributed by atoms with Gasteiger partial charge in [-0.15, -0.1) is 0 Å². The van der Waals surface area contributed by atoms with Gasteiger partial charge in [-0.1, -0.05) is 6.07 Å². The van der Waals surface area contributed by atoms with Gasteiger partial charge in [-0.2, -0.15) is 0 Å². The minimum Gasteiger partial charge on any atom is -0.511 e. The standard InChI is InChI=1S/C19H17FN4O3/c1-27-12-3-2-11(13(20)8-12)9-22-19(26)17-16(25)5-7-24-15-4-6-21-10-14(15)23-18(17)24/h2-4,6,8,10,25H,5,7,9H2,1H3,(H,22,26). The zero-order valence-corrected chi connectivity index (χ0v) is 14.6. The molecule has 0 spiro atoms. The number of nitrogens with one attached hydrogen (secondary N) is 1. The van der Waals surface area contributed by atoms with Gasteiger partial charge < -0.3 is 19.7 Å². The number of fused-ring (bicyclic) bond motifs is 3. The maximum absolute atomic E-state index is 14.1. The fourth-order valence-electron chi connectivity index (χ4n) is 3.17. The van der Waals surface area contributed by atoms with Crippen LogP contribution < -0.4 is 10.1 Å². The topological polar surface area (TPSA) is 89.3 Å². The van der Waals surface area contributed by atoms with E-state index in [1.807, 2.05) is 10.6 Å². The van der Waals surface area contributed by atoms with Crippen molar-refractivity contribution in [3.8, 4) is 5.75 Å². The van der Waals surface area contributed by atoms with Crippen molar-refractivity contribution < 1.29 is 19.0 Å². The van der Waals surface area contributed by atoms with Crippen LogP contribution in [0.4, 0.5) is 4.39 Å². The Balaban J connectivity index is 1.60. The maximum Gasteiger partial charge on any atom is 0.258 e. The van der Waals surface area contributed by atoms with Crippen molar-refractivity contribution in [2.75, 3.05) is 7.11 Å². The summed E-state index contributed by atoms with van der Waals surface area (Å²) >= 11 is 0. The summed E-state index contributed by atoms with van der Waals surface area (Å²) in [7, 11) is 1.45. The number of methoxy groups -OCH3 is 1. The Kier molecular flexibility index (Phi) is 4.23. The van der Waals surface area contributed by atoms with Gasteiger partial charge in [-0.3, -0.25) is 9.78 Å². The third-order valence-corrected chi connectivity index (χ3v) is 4.56. The van der Waals surface area contributed by atoms with Crippen LogP contribution in [0.1, 0.15) is 17.8 Å². The van der Waals surface area contributed by atoms with Crippen molar-refractivity contribution in [2.24, 2.45) is 0 Å². The Labute approximate surface area is 154 Å².